The number of sulfone groups is 1. The Morgan fingerprint density at radius 2 is 2.17 bits per heavy atom. The van der Waals surface area contributed by atoms with E-state index >= 15 is 0 Å². The quantitative estimate of drug-likeness (QED) is 0.805. The van der Waals surface area contributed by atoms with Crippen LogP contribution in [0.4, 0.5) is 0 Å². The van der Waals surface area contributed by atoms with Crippen molar-refractivity contribution in [3.63, 3.8) is 0 Å². The summed E-state index contributed by atoms with van der Waals surface area (Å²) in [7, 11) is -3.14. The third-order valence-electron chi connectivity index (χ3n) is 2.74. The first kappa shape index (κ1) is 13.3. The second-order valence-electron chi connectivity index (χ2n) is 4.42. The zero-order valence-electron chi connectivity index (χ0n) is 9.76. The number of hydrogen-bond acceptors (Lipinski definition) is 4. The second kappa shape index (κ2) is 4.85. The van der Waals surface area contributed by atoms with Crippen LogP contribution in [0.3, 0.4) is 0 Å². The Balaban J connectivity index is 2.09. The fraction of sp³-hybridized carbons (Fsp3) is 0.455. The maximum atomic E-state index is 11.9. The van der Waals surface area contributed by atoms with E-state index in [4.69, 9.17) is 11.6 Å². The predicted molar refractivity (Wildman–Crippen MR) is 68.5 cm³/mol. The van der Waals surface area contributed by atoms with Crippen molar-refractivity contribution in [3.8, 4) is 0 Å². The summed E-state index contributed by atoms with van der Waals surface area (Å²) < 4.78 is 22.8. The van der Waals surface area contributed by atoms with Crippen LogP contribution in [-0.2, 0) is 9.84 Å². The molecule has 5 nitrogen and oxygen atoms in total. The largest absolute Gasteiger partial charge is 0.347 e. The molecule has 2 atom stereocenters. The van der Waals surface area contributed by atoms with Gasteiger partial charge in [-0.15, -0.1) is 11.6 Å². The first-order valence-corrected chi connectivity index (χ1v) is 7.70. The van der Waals surface area contributed by atoms with Crippen molar-refractivity contribution in [2.75, 3.05) is 11.5 Å². The van der Waals surface area contributed by atoms with Crippen molar-refractivity contribution >= 4 is 27.3 Å². The molecule has 1 aliphatic heterocycles. The Labute approximate surface area is 110 Å². The number of nitrogens with zero attached hydrogens (tertiary/aromatic N) is 1. The maximum Gasteiger partial charge on any atom is 0.253 e. The number of alkyl halides is 1. The fourth-order valence-electron chi connectivity index (χ4n) is 1.87. The van der Waals surface area contributed by atoms with Crippen LogP contribution in [0.5, 0.6) is 0 Å². The van der Waals surface area contributed by atoms with E-state index in [2.05, 4.69) is 10.3 Å². The zero-order chi connectivity index (χ0) is 13.3. The molecule has 7 heteroatoms. The summed E-state index contributed by atoms with van der Waals surface area (Å²) in [5.74, 6) is -0.545. The molecule has 0 bridgehead atoms. The molecule has 0 aromatic carbocycles. The highest BCUT2D eigenvalue weighted by molar-refractivity contribution is 7.91. The van der Waals surface area contributed by atoms with Gasteiger partial charge >= 0.3 is 0 Å². The molecule has 98 valence electrons. The number of hydrogen-bond donors (Lipinski definition) is 1. The number of amides is 1. The number of carbonyl (C=O) groups is 1. The third-order valence-corrected chi connectivity index (χ3v) is 5.11. The fourth-order valence-corrected chi connectivity index (χ4v) is 4.42. The van der Waals surface area contributed by atoms with Crippen molar-refractivity contribution in [2.24, 2.45) is 0 Å². The molecular formula is C11H13ClN2O3S. The van der Waals surface area contributed by atoms with Crippen molar-refractivity contribution in [1.29, 1.82) is 0 Å². The Hall–Kier alpha value is -1.14. The molecule has 1 amide bonds. The average molecular weight is 289 g/mol. The Morgan fingerprint density at radius 1 is 1.44 bits per heavy atom. The highest BCUT2D eigenvalue weighted by atomic mass is 35.5. The summed E-state index contributed by atoms with van der Waals surface area (Å²) in [6.45, 7) is 1.83. The van der Waals surface area contributed by atoms with Crippen molar-refractivity contribution in [1.82, 2.24) is 10.3 Å². The van der Waals surface area contributed by atoms with Gasteiger partial charge < -0.3 is 5.32 Å². The molecule has 1 aromatic heterocycles. The normalized spacial score (nSPS) is 25.9. The summed E-state index contributed by atoms with van der Waals surface area (Å²) in [5.41, 5.74) is 1.27. The molecule has 1 aromatic rings. The van der Waals surface area contributed by atoms with E-state index in [1.165, 1.54) is 6.20 Å². The summed E-state index contributed by atoms with van der Waals surface area (Å²) in [5, 5.41) is 2.07. The lowest BCUT2D eigenvalue weighted by Gasteiger charge is -2.14. The van der Waals surface area contributed by atoms with Crippen LogP contribution < -0.4 is 5.32 Å². The molecule has 2 heterocycles. The summed E-state index contributed by atoms with van der Waals surface area (Å²) in [6.07, 6.45) is 3.08. The second-order valence-corrected chi connectivity index (χ2v) is 7.14. The van der Waals surface area contributed by atoms with Gasteiger partial charge in [-0.1, -0.05) is 0 Å². The van der Waals surface area contributed by atoms with Crippen molar-refractivity contribution in [2.45, 2.75) is 18.3 Å². The molecule has 0 spiro atoms. The van der Waals surface area contributed by atoms with E-state index in [-0.39, 0.29) is 17.4 Å². The lowest BCUT2D eigenvalue weighted by atomic mass is 10.2. The van der Waals surface area contributed by atoms with Gasteiger partial charge in [0.1, 0.15) is 0 Å². The number of aromatic nitrogens is 1. The predicted octanol–water partition coefficient (Wildman–Crippen LogP) is 0.524. The first-order valence-electron chi connectivity index (χ1n) is 5.44. The Morgan fingerprint density at radius 3 is 2.72 bits per heavy atom. The Bertz CT molecular complexity index is 573. The summed E-state index contributed by atoms with van der Waals surface area (Å²) >= 11 is 5.92. The number of rotatable bonds is 2. The topological polar surface area (TPSA) is 76.1 Å². The molecule has 2 unspecified atom stereocenters. The Kier molecular flexibility index (Phi) is 3.59. The lowest BCUT2D eigenvalue weighted by molar-refractivity contribution is 0.0941. The van der Waals surface area contributed by atoms with Crippen molar-refractivity contribution < 1.29 is 13.2 Å². The van der Waals surface area contributed by atoms with E-state index in [0.717, 1.165) is 5.56 Å². The number of pyridine rings is 1. The highest BCUT2D eigenvalue weighted by Crippen LogP contribution is 2.18. The zero-order valence-corrected chi connectivity index (χ0v) is 11.3. The maximum absolute atomic E-state index is 11.9. The van der Waals surface area contributed by atoms with Gasteiger partial charge in [-0.05, 0) is 18.6 Å². The summed E-state index contributed by atoms with van der Waals surface area (Å²) in [4.78, 5) is 15.8. The molecule has 1 saturated heterocycles. The standard InChI is InChI=1S/C11H13ClN2O3S/c1-7-2-8(4-13-3-7)11(15)14-10-6-18(16,17)5-9(10)12/h2-4,9-10H,5-6H2,1H3,(H,14,15). The van der Waals surface area contributed by atoms with E-state index in [1.807, 2.05) is 6.92 Å². The van der Waals surface area contributed by atoms with Crippen LogP contribution in [0, 0.1) is 6.92 Å². The molecular weight excluding hydrogens is 276 g/mol. The van der Waals surface area contributed by atoms with Crippen molar-refractivity contribution in [3.05, 3.63) is 29.6 Å². The van der Waals surface area contributed by atoms with Gasteiger partial charge in [0.2, 0.25) is 0 Å². The molecule has 0 aliphatic carbocycles. The highest BCUT2D eigenvalue weighted by Gasteiger charge is 2.37. The number of carbonyl (C=O) groups excluding carboxylic acids is 1. The van der Waals surface area contributed by atoms with E-state index in [0.29, 0.717) is 5.56 Å². The summed E-state index contributed by atoms with van der Waals surface area (Å²) in [6, 6.07) is 1.15. The van der Waals surface area contributed by atoms with Crippen LogP contribution in [0.2, 0.25) is 0 Å². The van der Waals surface area contributed by atoms with Crippen LogP contribution in [0.1, 0.15) is 15.9 Å². The minimum Gasteiger partial charge on any atom is -0.347 e. The SMILES string of the molecule is Cc1cncc(C(=O)NC2CS(=O)(=O)CC2Cl)c1. The molecule has 0 saturated carbocycles. The van der Waals surface area contributed by atoms with Crippen LogP contribution in [-0.4, -0.2) is 42.2 Å². The molecule has 0 radical (unpaired) electrons. The van der Waals surface area contributed by atoms with Gasteiger partial charge in [0.15, 0.2) is 9.84 Å². The van der Waals surface area contributed by atoms with Gasteiger partial charge in [0.25, 0.3) is 5.91 Å². The molecule has 18 heavy (non-hydrogen) atoms. The van der Waals surface area contributed by atoms with Gasteiger partial charge in [0, 0.05) is 12.4 Å². The molecule has 1 fully saturated rings. The minimum atomic E-state index is -3.14. The van der Waals surface area contributed by atoms with Gasteiger partial charge in [-0.3, -0.25) is 9.78 Å². The van der Waals surface area contributed by atoms with E-state index in [1.54, 1.807) is 12.3 Å². The van der Waals surface area contributed by atoms with Crippen LogP contribution in [0.15, 0.2) is 18.5 Å². The average Bonchev–Trinajstić information content (AvgIpc) is 2.51. The number of aryl methyl sites for hydroxylation is 1. The van der Waals surface area contributed by atoms with E-state index < -0.39 is 21.3 Å². The first-order chi connectivity index (χ1) is 8.37. The van der Waals surface area contributed by atoms with Gasteiger partial charge in [0.05, 0.1) is 28.5 Å². The van der Waals surface area contributed by atoms with Crippen LogP contribution >= 0.6 is 11.6 Å². The lowest BCUT2D eigenvalue weighted by Crippen LogP contribution is -2.40. The monoisotopic (exact) mass is 288 g/mol. The van der Waals surface area contributed by atoms with E-state index in [9.17, 15) is 13.2 Å². The van der Waals surface area contributed by atoms with Gasteiger partial charge in [-0.25, -0.2) is 8.42 Å². The third kappa shape index (κ3) is 3.00. The molecule has 1 aliphatic rings. The molecule has 2 rings (SSSR count). The van der Waals surface area contributed by atoms with Gasteiger partial charge in [-0.2, -0.15) is 0 Å². The minimum absolute atomic E-state index is 0.0917. The van der Waals surface area contributed by atoms with Crippen LogP contribution in [0.25, 0.3) is 0 Å². The number of halogens is 1. The molecule has 1 N–H and O–H groups in total. The number of nitrogens with one attached hydrogen (secondary N) is 1. The smallest absolute Gasteiger partial charge is 0.253 e.